The van der Waals surface area contributed by atoms with E-state index in [0.29, 0.717) is 36.1 Å². The first kappa shape index (κ1) is 17.7. The number of amides is 1. The van der Waals surface area contributed by atoms with Gasteiger partial charge < -0.3 is 20.4 Å². The molecule has 2 fully saturated rings. The van der Waals surface area contributed by atoms with E-state index in [4.69, 9.17) is 11.6 Å². The predicted molar refractivity (Wildman–Crippen MR) is 93.2 cm³/mol. The maximum Gasteiger partial charge on any atom is 0.253 e. The summed E-state index contributed by atoms with van der Waals surface area (Å²) in [5, 5.41) is 25.1. The average Bonchev–Trinajstić information content (AvgIpc) is 3.09. The number of nitrogens with one attached hydrogen (secondary N) is 1. The summed E-state index contributed by atoms with van der Waals surface area (Å²) in [5.41, 5.74) is -0.625. The van der Waals surface area contributed by atoms with Gasteiger partial charge in [-0.25, -0.2) is 0 Å². The predicted octanol–water partition coefficient (Wildman–Crippen LogP) is 1.81. The third-order valence-electron chi connectivity index (χ3n) is 5.26. The number of piperidine rings is 1. The Labute approximate surface area is 147 Å². The summed E-state index contributed by atoms with van der Waals surface area (Å²) in [6.45, 7) is 0.952. The van der Waals surface area contributed by atoms with Crippen LogP contribution in [-0.2, 0) is 0 Å². The van der Waals surface area contributed by atoms with Gasteiger partial charge in [0, 0.05) is 36.3 Å². The van der Waals surface area contributed by atoms with E-state index >= 15 is 0 Å². The van der Waals surface area contributed by atoms with E-state index in [1.807, 2.05) is 0 Å². The van der Waals surface area contributed by atoms with Crippen LogP contribution in [0.3, 0.4) is 0 Å². The van der Waals surface area contributed by atoms with Crippen LogP contribution >= 0.6 is 11.6 Å². The molecule has 0 radical (unpaired) electrons. The second kappa shape index (κ2) is 7.40. The van der Waals surface area contributed by atoms with Gasteiger partial charge in [0.15, 0.2) is 0 Å². The topological polar surface area (TPSA) is 72.8 Å². The first-order chi connectivity index (χ1) is 11.5. The molecule has 1 aliphatic heterocycles. The minimum atomic E-state index is -1.17. The normalized spacial score (nSPS) is 28.3. The second-order valence-corrected chi connectivity index (χ2v) is 7.43. The Balaban J connectivity index is 1.57. The zero-order valence-corrected chi connectivity index (χ0v) is 14.5. The van der Waals surface area contributed by atoms with Gasteiger partial charge in [0.1, 0.15) is 11.7 Å². The molecule has 1 saturated heterocycles. The van der Waals surface area contributed by atoms with Crippen molar-refractivity contribution in [2.24, 2.45) is 0 Å². The molecule has 3 N–H and O–H groups in total. The number of benzene rings is 1. The van der Waals surface area contributed by atoms with Crippen molar-refractivity contribution in [2.45, 2.75) is 49.9 Å². The lowest BCUT2D eigenvalue weighted by Gasteiger charge is -2.42. The molecule has 2 aliphatic rings. The van der Waals surface area contributed by atoms with Crippen molar-refractivity contribution in [3.63, 3.8) is 0 Å². The number of carbonyl (C=O) groups excluding carboxylic acids is 1. The van der Waals surface area contributed by atoms with Crippen molar-refractivity contribution in [2.75, 3.05) is 19.6 Å². The third kappa shape index (κ3) is 3.91. The minimum absolute atomic E-state index is 0.142. The number of carbonyl (C=O) groups is 1. The van der Waals surface area contributed by atoms with E-state index in [9.17, 15) is 15.0 Å². The smallest absolute Gasteiger partial charge is 0.253 e. The van der Waals surface area contributed by atoms with E-state index in [2.05, 4.69) is 5.32 Å². The van der Waals surface area contributed by atoms with Crippen LogP contribution in [0, 0.1) is 0 Å². The Hall–Kier alpha value is -1.14. The van der Waals surface area contributed by atoms with E-state index in [1.54, 1.807) is 29.2 Å². The Bertz CT molecular complexity index is 574. The van der Waals surface area contributed by atoms with Gasteiger partial charge in [0.2, 0.25) is 0 Å². The third-order valence-corrected chi connectivity index (χ3v) is 5.51. The van der Waals surface area contributed by atoms with Gasteiger partial charge in [0.25, 0.3) is 5.91 Å². The first-order valence-corrected chi connectivity index (χ1v) is 9.04. The number of rotatable bonds is 4. The van der Waals surface area contributed by atoms with Crippen LogP contribution in [0.1, 0.15) is 42.5 Å². The first-order valence-electron chi connectivity index (χ1n) is 8.67. The van der Waals surface area contributed by atoms with E-state index in [1.165, 1.54) is 12.8 Å². The molecule has 24 heavy (non-hydrogen) atoms. The van der Waals surface area contributed by atoms with Gasteiger partial charge in [-0.2, -0.15) is 0 Å². The van der Waals surface area contributed by atoms with Crippen LogP contribution in [0.2, 0.25) is 5.02 Å². The number of nitrogens with zero attached hydrogens (tertiary/aromatic N) is 1. The number of halogens is 1. The summed E-state index contributed by atoms with van der Waals surface area (Å²) < 4.78 is 0. The molecular weight excluding hydrogens is 328 g/mol. The van der Waals surface area contributed by atoms with Gasteiger partial charge in [0.05, 0.1) is 0 Å². The second-order valence-electron chi connectivity index (χ2n) is 6.99. The van der Waals surface area contributed by atoms with Crippen LogP contribution in [0.25, 0.3) is 0 Å². The largest absolute Gasteiger partial charge is 0.388 e. The van der Waals surface area contributed by atoms with Gasteiger partial charge >= 0.3 is 0 Å². The summed E-state index contributed by atoms with van der Waals surface area (Å²) in [5.74, 6) is -0.142. The summed E-state index contributed by atoms with van der Waals surface area (Å²) >= 11 is 5.85. The van der Waals surface area contributed by atoms with E-state index in [-0.39, 0.29) is 12.5 Å². The molecule has 3 rings (SSSR count). The SMILES string of the molecule is O=C(c1ccc(Cl)cc1)N1CC[C@](O)(CNC2CCCC2)[C@@H](O)C1. The number of hydrogen-bond donors (Lipinski definition) is 3. The fourth-order valence-corrected chi connectivity index (χ4v) is 3.71. The molecule has 1 amide bonds. The number of hydrogen-bond acceptors (Lipinski definition) is 4. The molecule has 1 aromatic rings. The molecule has 0 aromatic heterocycles. The average molecular weight is 353 g/mol. The molecule has 1 aliphatic carbocycles. The molecule has 0 spiro atoms. The van der Waals surface area contributed by atoms with Crippen molar-refractivity contribution in [1.82, 2.24) is 10.2 Å². The molecule has 5 nitrogen and oxygen atoms in total. The molecular formula is C18H25ClN2O3. The Morgan fingerprint density at radius 2 is 1.96 bits per heavy atom. The molecule has 1 aromatic carbocycles. The highest BCUT2D eigenvalue weighted by atomic mass is 35.5. The molecule has 0 bridgehead atoms. The lowest BCUT2D eigenvalue weighted by Crippen LogP contribution is -2.61. The lowest BCUT2D eigenvalue weighted by atomic mass is 9.88. The lowest BCUT2D eigenvalue weighted by molar-refractivity contribution is -0.111. The molecule has 2 atom stereocenters. The maximum atomic E-state index is 12.5. The Morgan fingerprint density at radius 1 is 1.29 bits per heavy atom. The molecule has 6 heteroatoms. The van der Waals surface area contributed by atoms with Crippen molar-refractivity contribution in [3.05, 3.63) is 34.9 Å². The highest BCUT2D eigenvalue weighted by Crippen LogP contribution is 2.25. The van der Waals surface area contributed by atoms with Gasteiger partial charge in [-0.1, -0.05) is 24.4 Å². The number of aliphatic hydroxyl groups excluding tert-OH is 1. The van der Waals surface area contributed by atoms with E-state index in [0.717, 1.165) is 12.8 Å². The Kier molecular flexibility index (Phi) is 5.45. The molecule has 1 saturated carbocycles. The monoisotopic (exact) mass is 352 g/mol. The number of likely N-dealkylation sites (tertiary alicyclic amines) is 1. The van der Waals surface area contributed by atoms with Crippen LogP contribution in [-0.4, -0.2) is 58.4 Å². The number of β-amino-alcohol motifs (C(OH)–C–C–N with tert-alkyl or cyclic N) is 1. The molecule has 132 valence electrons. The zero-order valence-electron chi connectivity index (χ0n) is 13.7. The van der Waals surface area contributed by atoms with Crippen LogP contribution in [0.15, 0.2) is 24.3 Å². The highest BCUT2D eigenvalue weighted by molar-refractivity contribution is 6.30. The molecule has 1 heterocycles. The van der Waals surface area contributed by atoms with Crippen molar-refractivity contribution in [3.8, 4) is 0 Å². The quantitative estimate of drug-likeness (QED) is 0.772. The summed E-state index contributed by atoms with van der Waals surface area (Å²) in [4.78, 5) is 14.1. The van der Waals surface area contributed by atoms with Crippen LogP contribution in [0.4, 0.5) is 0 Å². The minimum Gasteiger partial charge on any atom is -0.388 e. The van der Waals surface area contributed by atoms with Crippen LogP contribution in [0.5, 0.6) is 0 Å². The van der Waals surface area contributed by atoms with Crippen molar-refractivity contribution in [1.29, 1.82) is 0 Å². The van der Waals surface area contributed by atoms with Crippen LogP contribution < -0.4 is 5.32 Å². The van der Waals surface area contributed by atoms with Gasteiger partial charge in [-0.05, 0) is 43.5 Å². The van der Waals surface area contributed by atoms with Gasteiger partial charge in [-0.3, -0.25) is 4.79 Å². The zero-order chi connectivity index (χ0) is 17.2. The Morgan fingerprint density at radius 3 is 2.58 bits per heavy atom. The fraction of sp³-hybridized carbons (Fsp3) is 0.611. The number of aliphatic hydroxyl groups is 2. The van der Waals surface area contributed by atoms with Crippen molar-refractivity contribution >= 4 is 17.5 Å². The fourth-order valence-electron chi connectivity index (χ4n) is 3.58. The highest BCUT2D eigenvalue weighted by Gasteiger charge is 2.42. The maximum absolute atomic E-state index is 12.5. The standard InChI is InChI=1S/C18H25ClN2O3/c19-14-7-5-13(6-8-14)17(23)21-10-9-18(24,16(22)11-21)12-20-15-3-1-2-4-15/h5-8,15-16,20,22,24H,1-4,9-12H2/t16-,18-/m0/s1. The van der Waals surface area contributed by atoms with Gasteiger partial charge in [-0.15, -0.1) is 0 Å². The summed E-state index contributed by atoms with van der Waals surface area (Å²) in [6, 6.07) is 7.16. The van der Waals surface area contributed by atoms with E-state index < -0.39 is 11.7 Å². The molecule has 0 unspecified atom stereocenters. The summed E-state index contributed by atoms with van der Waals surface area (Å²) in [7, 11) is 0. The summed E-state index contributed by atoms with van der Waals surface area (Å²) in [6.07, 6.45) is 4.13. The van der Waals surface area contributed by atoms with Crippen molar-refractivity contribution < 1.29 is 15.0 Å².